The third-order valence-corrected chi connectivity index (χ3v) is 8.44. The summed E-state index contributed by atoms with van der Waals surface area (Å²) in [4.78, 5) is 17.3. The highest BCUT2D eigenvalue weighted by atomic mass is 32.2. The predicted molar refractivity (Wildman–Crippen MR) is 129 cm³/mol. The standard InChI is InChI=1S/C25H28F3N5OS/c1-32-22(20-4-2-10-29-23(20)34)30-31-24(32)35-13-3-11-33-12-9-17-14-18(15-21(17)33)16-5-7-19(8-6-16)25(26,27)28/h2,4-8,10,17-18,21H,3,9,11-15H2,1H3,(H,29,34)/t17-,18+,21?/m1/s1. The third-order valence-electron chi connectivity index (χ3n) is 7.34. The number of fused-ring (bicyclic) bond motifs is 1. The Bertz CT molecular complexity index is 1220. The summed E-state index contributed by atoms with van der Waals surface area (Å²) >= 11 is 1.64. The Morgan fingerprint density at radius 2 is 1.94 bits per heavy atom. The zero-order valence-electron chi connectivity index (χ0n) is 19.5. The maximum Gasteiger partial charge on any atom is 0.416 e. The molecule has 5 rings (SSSR count). The van der Waals surface area contributed by atoms with E-state index in [-0.39, 0.29) is 5.56 Å². The lowest BCUT2D eigenvalue weighted by atomic mass is 9.94. The first-order valence-corrected chi connectivity index (χ1v) is 12.9. The van der Waals surface area contributed by atoms with Crippen molar-refractivity contribution in [3.63, 3.8) is 0 Å². The number of pyridine rings is 1. The number of nitrogens with zero attached hydrogens (tertiary/aromatic N) is 4. The van der Waals surface area contributed by atoms with E-state index in [1.807, 2.05) is 11.6 Å². The minimum atomic E-state index is -4.29. The molecule has 1 aliphatic carbocycles. The minimum absolute atomic E-state index is 0.186. The highest BCUT2D eigenvalue weighted by molar-refractivity contribution is 7.99. The van der Waals surface area contributed by atoms with Crippen molar-refractivity contribution in [2.24, 2.45) is 13.0 Å². The summed E-state index contributed by atoms with van der Waals surface area (Å²) in [6.45, 7) is 2.08. The van der Waals surface area contributed by atoms with E-state index in [9.17, 15) is 18.0 Å². The lowest BCUT2D eigenvalue weighted by Crippen LogP contribution is -2.31. The van der Waals surface area contributed by atoms with E-state index in [1.165, 1.54) is 12.1 Å². The molecule has 2 fully saturated rings. The van der Waals surface area contributed by atoms with Crippen LogP contribution < -0.4 is 5.56 Å². The Labute approximate surface area is 206 Å². The van der Waals surface area contributed by atoms with Gasteiger partial charge in [0.25, 0.3) is 5.56 Å². The zero-order chi connectivity index (χ0) is 24.6. The summed E-state index contributed by atoms with van der Waals surface area (Å²) < 4.78 is 40.5. The molecule has 0 spiro atoms. The summed E-state index contributed by atoms with van der Waals surface area (Å²) in [5.74, 6) is 2.41. The monoisotopic (exact) mass is 503 g/mol. The number of alkyl halides is 3. The van der Waals surface area contributed by atoms with Crippen LogP contribution in [0, 0.1) is 5.92 Å². The van der Waals surface area contributed by atoms with E-state index in [0.29, 0.717) is 29.3 Å². The number of nitrogens with one attached hydrogen (secondary N) is 1. The first-order chi connectivity index (χ1) is 16.8. The second-order valence-electron chi connectivity index (χ2n) is 9.42. The summed E-state index contributed by atoms with van der Waals surface area (Å²) in [6.07, 6.45) is 1.55. The lowest BCUT2D eigenvalue weighted by molar-refractivity contribution is -0.137. The zero-order valence-corrected chi connectivity index (χ0v) is 20.3. The van der Waals surface area contributed by atoms with Crippen LogP contribution in [-0.2, 0) is 13.2 Å². The van der Waals surface area contributed by atoms with Gasteiger partial charge in [0.1, 0.15) is 0 Å². The topological polar surface area (TPSA) is 66.8 Å². The maximum absolute atomic E-state index is 12.9. The van der Waals surface area contributed by atoms with Crippen molar-refractivity contribution in [2.75, 3.05) is 18.8 Å². The smallest absolute Gasteiger partial charge is 0.328 e. The number of H-pyrrole nitrogens is 1. The van der Waals surface area contributed by atoms with Gasteiger partial charge in [0.2, 0.25) is 0 Å². The number of hydrogen-bond donors (Lipinski definition) is 1. The number of rotatable bonds is 7. The van der Waals surface area contributed by atoms with Crippen LogP contribution in [0.4, 0.5) is 13.2 Å². The number of benzene rings is 1. The van der Waals surface area contributed by atoms with Crippen LogP contribution >= 0.6 is 11.8 Å². The van der Waals surface area contributed by atoms with Gasteiger partial charge in [-0.15, -0.1) is 10.2 Å². The molecule has 186 valence electrons. The van der Waals surface area contributed by atoms with Crippen LogP contribution in [0.15, 0.2) is 52.5 Å². The van der Waals surface area contributed by atoms with Crippen LogP contribution in [0.3, 0.4) is 0 Å². The van der Waals surface area contributed by atoms with Crippen LogP contribution in [0.5, 0.6) is 0 Å². The van der Waals surface area contributed by atoms with Gasteiger partial charge in [-0.3, -0.25) is 4.79 Å². The molecule has 35 heavy (non-hydrogen) atoms. The van der Waals surface area contributed by atoms with E-state index >= 15 is 0 Å². The Hall–Kier alpha value is -2.59. The molecule has 6 nitrogen and oxygen atoms in total. The Balaban J connectivity index is 1.13. The molecule has 1 saturated heterocycles. The average Bonchev–Trinajstić information content (AvgIpc) is 3.52. The van der Waals surface area contributed by atoms with E-state index in [2.05, 4.69) is 20.1 Å². The molecule has 1 unspecified atom stereocenters. The summed E-state index contributed by atoms with van der Waals surface area (Å²) in [5, 5.41) is 9.24. The Morgan fingerprint density at radius 1 is 1.14 bits per heavy atom. The van der Waals surface area contributed by atoms with Gasteiger partial charge in [0.15, 0.2) is 11.0 Å². The Morgan fingerprint density at radius 3 is 2.69 bits per heavy atom. The van der Waals surface area contributed by atoms with Gasteiger partial charge in [0, 0.05) is 25.0 Å². The molecule has 3 atom stereocenters. The first-order valence-electron chi connectivity index (χ1n) is 11.9. The van der Waals surface area contributed by atoms with E-state index in [4.69, 9.17) is 0 Å². The third kappa shape index (κ3) is 5.04. The van der Waals surface area contributed by atoms with Crippen LogP contribution in [-0.4, -0.2) is 49.5 Å². The average molecular weight is 504 g/mol. The second-order valence-corrected chi connectivity index (χ2v) is 10.5. The molecule has 1 N–H and O–H groups in total. The number of aromatic nitrogens is 4. The SMILES string of the molecule is Cn1c(SCCCN2CC[C@@H]3C[C@H](c4ccc(C(F)(F)F)cc4)CC32)nnc1-c1ccc[nH]c1=O. The van der Waals surface area contributed by atoms with Crippen LogP contribution in [0.2, 0.25) is 0 Å². The van der Waals surface area contributed by atoms with Crippen molar-refractivity contribution in [3.8, 4) is 11.4 Å². The summed E-state index contributed by atoms with van der Waals surface area (Å²) in [6, 6.07) is 9.77. The molecule has 2 aromatic heterocycles. The van der Waals surface area contributed by atoms with Gasteiger partial charge in [-0.05, 0) is 80.4 Å². The van der Waals surface area contributed by atoms with Crippen molar-refractivity contribution in [1.29, 1.82) is 0 Å². The first kappa shape index (κ1) is 24.1. The summed E-state index contributed by atoms with van der Waals surface area (Å²) in [7, 11) is 1.87. The Kier molecular flexibility index (Phi) is 6.76. The molecule has 0 bridgehead atoms. The highest BCUT2D eigenvalue weighted by Gasteiger charge is 2.42. The number of aromatic amines is 1. The quantitative estimate of drug-likeness (QED) is 0.366. The molecule has 10 heteroatoms. The normalized spacial score (nSPS) is 22.6. The van der Waals surface area contributed by atoms with Crippen molar-refractivity contribution in [2.45, 2.75) is 49.0 Å². The molecule has 0 amide bonds. The lowest BCUT2D eigenvalue weighted by Gasteiger charge is -2.24. The molecule has 3 heterocycles. The van der Waals surface area contributed by atoms with Gasteiger partial charge in [-0.25, -0.2) is 0 Å². The molecule has 1 saturated carbocycles. The van der Waals surface area contributed by atoms with Gasteiger partial charge >= 0.3 is 6.18 Å². The van der Waals surface area contributed by atoms with Gasteiger partial charge in [-0.2, -0.15) is 13.2 Å². The van der Waals surface area contributed by atoms with Crippen LogP contribution in [0.1, 0.15) is 42.7 Å². The van der Waals surface area contributed by atoms with Gasteiger partial charge < -0.3 is 14.5 Å². The van der Waals surface area contributed by atoms with Crippen LogP contribution in [0.25, 0.3) is 11.4 Å². The fourth-order valence-electron chi connectivity index (χ4n) is 5.56. The number of likely N-dealkylation sites (tertiary alicyclic amines) is 1. The number of halogens is 3. The van der Waals surface area contributed by atoms with E-state index < -0.39 is 11.7 Å². The predicted octanol–water partition coefficient (Wildman–Crippen LogP) is 4.94. The molecule has 3 aromatic rings. The largest absolute Gasteiger partial charge is 0.416 e. The summed E-state index contributed by atoms with van der Waals surface area (Å²) in [5.41, 5.74) is 0.762. The molecule has 1 aliphatic heterocycles. The van der Waals surface area contributed by atoms with E-state index in [0.717, 1.165) is 55.2 Å². The molecule has 1 aromatic carbocycles. The number of hydrogen-bond acceptors (Lipinski definition) is 5. The van der Waals surface area contributed by atoms with Crippen molar-refractivity contribution in [1.82, 2.24) is 24.6 Å². The fraction of sp³-hybridized carbons (Fsp3) is 0.480. The van der Waals surface area contributed by atoms with Crippen molar-refractivity contribution >= 4 is 11.8 Å². The van der Waals surface area contributed by atoms with E-state index in [1.54, 1.807) is 42.2 Å². The van der Waals surface area contributed by atoms with Gasteiger partial charge in [0.05, 0.1) is 11.1 Å². The van der Waals surface area contributed by atoms with Crippen molar-refractivity contribution in [3.05, 3.63) is 64.1 Å². The minimum Gasteiger partial charge on any atom is -0.328 e. The second kappa shape index (κ2) is 9.81. The molecular weight excluding hydrogens is 475 g/mol. The number of thioether (sulfide) groups is 1. The molecule has 0 radical (unpaired) electrons. The molecular formula is C25H28F3N5OS. The van der Waals surface area contributed by atoms with Crippen molar-refractivity contribution < 1.29 is 13.2 Å². The fourth-order valence-corrected chi connectivity index (χ4v) is 6.39. The highest BCUT2D eigenvalue weighted by Crippen LogP contribution is 2.46. The molecule has 2 aliphatic rings. The maximum atomic E-state index is 12.9. The van der Waals surface area contributed by atoms with Gasteiger partial charge in [-0.1, -0.05) is 23.9 Å².